The fourth-order valence-corrected chi connectivity index (χ4v) is 6.43. The number of nitrogens with zero attached hydrogens (tertiary/aromatic N) is 2. The average molecular weight is 623 g/mol. The maximum Gasteiger partial charge on any atom is 0.257 e. The van der Waals surface area contributed by atoms with Crippen molar-refractivity contribution in [2.45, 2.75) is 50.1 Å². The standard InChI is InChI=1S/C34H39ClN2O7/c1-41-28-5-2-23(3-6-28)21-42-29-7-8-30(33(40)37-13-10-26(38)20-37)32(17-29)43-22-27(39)19-36-14-11-34(12-15-36)18-24-16-25(35)4-9-31(24)44-34/h2-9,16-17,26-27,38-39H,10-15,18-22H2,1H3/t26-,27+/m0/s1. The van der Waals surface area contributed by atoms with Gasteiger partial charge in [0.15, 0.2) is 0 Å². The van der Waals surface area contributed by atoms with Gasteiger partial charge in [-0.3, -0.25) is 4.79 Å². The first kappa shape index (κ1) is 30.5. The van der Waals surface area contributed by atoms with Crippen LogP contribution in [0.15, 0.2) is 60.7 Å². The van der Waals surface area contributed by atoms with Gasteiger partial charge >= 0.3 is 0 Å². The van der Waals surface area contributed by atoms with Gasteiger partial charge in [-0.05, 0) is 60.0 Å². The summed E-state index contributed by atoms with van der Waals surface area (Å²) in [5, 5.41) is 21.6. The maximum atomic E-state index is 13.3. The molecule has 3 aliphatic rings. The number of piperidine rings is 1. The third kappa shape index (κ3) is 7.07. The smallest absolute Gasteiger partial charge is 0.257 e. The van der Waals surface area contributed by atoms with Gasteiger partial charge in [-0.25, -0.2) is 0 Å². The van der Waals surface area contributed by atoms with Crippen LogP contribution < -0.4 is 18.9 Å². The number of carbonyl (C=O) groups excluding carboxylic acids is 1. The van der Waals surface area contributed by atoms with E-state index >= 15 is 0 Å². The summed E-state index contributed by atoms with van der Waals surface area (Å²) in [6, 6.07) is 18.5. The first-order valence-corrected chi connectivity index (χ1v) is 15.5. The van der Waals surface area contributed by atoms with Gasteiger partial charge in [0.25, 0.3) is 5.91 Å². The quantitative estimate of drug-likeness (QED) is 0.344. The highest BCUT2D eigenvalue weighted by molar-refractivity contribution is 6.30. The molecule has 2 N–H and O–H groups in total. The number of halogens is 1. The number of likely N-dealkylation sites (tertiary alicyclic amines) is 2. The Kier molecular flexibility index (Phi) is 9.18. The number of methoxy groups -OCH3 is 1. The molecule has 3 aromatic carbocycles. The van der Waals surface area contributed by atoms with Crippen LogP contribution >= 0.6 is 11.6 Å². The maximum absolute atomic E-state index is 13.3. The number of amides is 1. The van der Waals surface area contributed by atoms with Crippen molar-refractivity contribution in [2.75, 3.05) is 46.4 Å². The molecule has 1 spiro atoms. The van der Waals surface area contributed by atoms with Gasteiger partial charge in [0.2, 0.25) is 0 Å². The Bertz CT molecular complexity index is 1460. The molecule has 0 unspecified atom stereocenters. The second kappa shape index (κ2) is 13.2. The highest BCUT2D eigenvalue weighted by Crippen LogP contribution is 2.42. The van der Waals surface area contributed by atoms with Gasteiger partial charge < -0.3 is 39.0 Å². The van der Waals surface area contributed by atoms with E-state index in [2.05, 4.69) is 4.90 Å². The second-order valence-electron chi connectivity index (χ2n) is 12.0. The molecule has 3 aliphatic heterocycles. The van der Waals surface area contributed by atoms with Gasteiger partial charge in [-0.1, -0.05) is 23.7 Å². The fourth-order valence-electron chi connectivity index (χ4n) is 6.23. The molecule has 2 atom stereocenters. The number of β-amino-alcohol motifs (C(OH)–C–C–N with tert-alkyl or cyclic N) is 2. The van der Waals surface area contributed by atoms with Gasteiger partial charge in [-0.15, -0.1) is 0 Å². The van der Waals surface area contributed by atoms with Crippen molar-refractivity contribution in [3.63, 3.8) is 0 Å². The molecular formula is C34H39ClN2O7. The zero-order chi connectivity index (χ0) is 30.7. The summed E-state index contributed by atoms with van der Waals surface area (Å²) in [6.45, 7) is 3.17. The third-order valence-electron chi connectivity index (χ3n) is 8.73. The zero-order valence-corrected chi connectivity index (χ0v) is 25.7. The topological polar surface area (TPSA) is 101 Å². The minimum atomic E-state index is -0.759. The molecule has 234 valence electrons. The van der Waals surface area contributed by atoms with Crippen molar-refractivity contribution in [1.82, 2.24) is 9.80 Å². The van der Waals surface area contributed by atoms with Crippen molar-refractivity contribution in [3.05, 3.63) is 82.4 Å². The minimum Gasteiger partial charge on any atom is -0.497 e. The predicted octanol–water partition coefficient (Wildman–Crippen LogP) is 4.34. The van der Waals surface area contributed by atoms with E-state index in [0.717, 1.165) is 60.0 Å². The number of rotatable bonds is 10. The largest absolute Gasteiger partial charge is 0.497 e. The molecule has 3 aromatic rings. The van der Waals surface area contributed by atoms with Gasteiger partial charge in [0.05, 0.1) is 18.8 Å². The first-order chi connectivity index (χ1) is 21.3. The van der Waals surface area contributed by atoms with Crippen LogP contribution in [0.3, 0.4) is 0 Å². The molecule has 0 bridgehead atoms. The Balaban J connectivity index is 1.06. The van der Waals surface area contributed by atoms with Gasteiger partial charge in [0.1, 0.15) is 47.9 Å². The van der Waals surface area contributed by atoms with E-state index in [9.17, 15) is 15.0 Å². The van der Waals surface area contributed by atoms with Crippen LogP contribution in [0.2, 0.25) is 5.02 Å². The lowest BCUT2D eigenvalue weighted by molar-refractivity contribution is -0.00203. The van der Waals surface area contributed by atoms with E-state index in [0.29, 0.717) is 43.2 Å². The minimum absolute atomic E-state index is 0.0208. The van der Waals surface area contributed by atoms with Crippen molar-refractivity contribution in [1.29, 1.82) is 0 Å². The molecular weight excluding hydrogens is 584 g/mol. The Labute approximate surface area is 262 Å². The number of carbonyl (C=O) groups is 1. The zero-order valence-electron chi connectivity index (χ0n) is 24.9. The van der Waals surface area contributed by atoms with Crippen LogP contribution in [0.25, 0.3) is 0 Å². The van der Waals surface area contributed by atoms with Crippen LogP contribution in [0.4, 0.5) is 0 Å². The van der Waals surface area contributed by atoms with Gasteiger partial charge in [-0.2, -0.15) is 0 Å². The summed E-state index contributed by atoms with van der Waals surface area (Å²) < 4.78 is 23.7. The van der Waals surface area contributed by atoms with Crippen molar-refractivity contribution in [2.24, 2.45) is 0 Å². The number of aliphatic hydroxyl groups is 2. The molecule has 0 aliphatic carbocycles. The van der Waals surface area contributed by atoms with E-state index in [-0.39, 0.29) is 24.7 Å². The molecule has 9 nitrogen and oxygen atoms in total. The molecule has 3 heterocycles. The number of aliphatic hydroxyl groups excluding tert-OH is 2. The number of benzene rings is 3. The van der Waals surface area contributed by atoms with Crippen molar-refractivity contribution < 1.29 is 34.0 Å². The number of ether oxygens (including phenoxy) is 4. The molecule has 0 aromatic heterocycles. The Hall–Kier alpha value is -3.50. The fraction of sp³-hybridized carbons (Fsp3) is 0.441. The normalized spacial score (nSPS) is 19.8. The van der Waals surface area contributed by atoms with E-state index in [4.69, 9.17) is 30.5 Å². The second-order valence-corrected chi connectivity index (χ2v) is 12.4. The summed E-state index contributed by atoms with van der Waals surface area (Å²) in [5.74, 6) is 2.36. The molecule has 44 heavy (non-hydrogen) atoms. The van der Waals surface area contributed by atoms with E-state index in [1.807, 2.05) is 42.5 Å². The van der Waals surface area contributed by atoms with E-state index < -0.39 is 12.2 Å². The van der Waals surface area contributed by atoms with Crippen LogP contribution in [0.5, 0.6) is 23.0 Å². The number of hydrogen-bond acceptors (Lipinski definition) is 8. The van der Waals surface area contributed by atoms with Crippen LogP contribution in [-0.2, 0) is 13.0 Å². The Morgan fingerprint density at radius 2 is 1.82 bits per heavy atom. The van der Waals surface area contributed by atoms with Crippen LogP contribution in [0.1, 0.15) is 40.7 Å². The molecule has 2 saturated heterocycles. The SMILES string of the molecule is COc1ccc(COc2ccc(C(=O)N3CC[C@H](O)C3)c(OC[C@H](O)CN3CCC4(CC3)Cc3cc(Cl)ccc3O4)c2)cc1. The monoisotopic (exact) mass is 622 g/mol. The van der Waals surface area contributed by atoms with Gasteiger partial charge in [0, 0.05) is 63.1 Å². The van der Waals surface area contributed by atoms with Crippen molar-refractivity contribution in [3.8, 4) is 23.0 Å². The summed E-state index contributed by atoms with van der Waals surface area (Å²) in [6.07, 6.45) is 1.84. The summed E-state index contributed by atoms with van der Waals surface area (Å²) in [7, 11) is 1.62. The molecule has 0 radical (unpaired) electrons. The highest BCUT2D eigenvalue weighted by atomic mass is 35.5. The summed E-state index contributed by atoms with van der Waals surface area (Å²) >= 11 is 6.18. The molecule has 0 saturated carbocycles. The van der Waals surface area contributed by atoms with E-state index in [1.54, 1.807) is 30.2 Å². The molecule has 1 amide bonds. The first-order valence-electron chi connectivity index (χ1n) is 15.2. The average Bonchev–Trinajstić information content (AvgIpc) is 3.63. The molecule has 10 heteroatoms. The number of fused-ring (bicyclic) bond motifs is 1. The third-order valence-corrected chi connectivity index (χ3v) is 8.96. The molecule has 2 fully saturated rings. The highest BCUT2D eigenvalue weighted by Gasteiger charge is 2.42. The van der Waals surface area contributed by atoms with E-state index in [1.165, 1.54) is 0 Å². The predicted molar refractivity (Wildman–Crippen MR) is 166 cm³/mol. The lowest BCUT2D eigenvalue weighted by Gasteiger charge is -2.39. The summed E-state index contributed by atoms with van der Waals surface area (Å²) in [5.41, 5.74) is 2.29. The lowest BCUT2D eigenvalue weighted by atomic mass is 9.87. The van der Waals surface area contributed by atoms with Crippen LogP contribution in [-0.4, -0.2) is 90.2 Å². The lowest BCUT2D eigenvalue weighted by Crippen LogP contribution is -2.49. The Morgan fingerprint density at radius 3 is 2.55 bits per heavy atom. The number of hydrogen-bond donors (Lipinski definition) is 2. The molecule has 6 rings (SSSR count). The Morgan fingerprint density at radius 1 is 1.05 bits per heavy atom. The van der Waals surface area contributed by atoms with Crippen molar-refractivity contribution >= 4 is 17.5 Å². The summed E-state index contributed by atoms with van der Waals surface area (Å²) in [4.78, 5) is 17.2. The van der Waals surface area contributed by atoms with Crippen LogP contribution in [0, 0.1) is 0 Å².